The summed E-state index contributed by atoms with van der Waals surface area (Å²) >= 11 is 0. The number of urea groups is 1. The second kappa shape index (κ2) is 5.44. The topological polar surface area (TPSA) is 78.5 Å². The van der Waals surface area contributed by atoms with Gasteiger partial charge in [0.2, 0.25) is 5.91 Å². The summed E-state index contributed by atoms with van der Waals surface area (Å²) in [7, 11) is 0. The van der Waals surface area contributed by atoms with Gasteiger partial charge in [0.05, 0.1) is 0 Å². The predicted molar refractivity (Wildman–Crippen MR) is 79.8 cm³/mol. The fraction of sp³-hybridized carbons (Fsp3) is 0.438. The zero-order chi connectivity index (χ0) is 15.7. The van der Waals surface area contributed by atoms with Crippen LogP contribution in [0.3, 0.4) is 0 Å². The quantitative estimate of drug-likeness (QED) is 0.796. The lowest BCUT2D eigenvalue weighted by Gasteiger charge is -2.22. The molecule has 6 nitrogen and oxygen atoms in total. The maximum Gasteiger partial charge on any atom is 0.325 e. The van der Waals surface area contributed by atoms with Crippen molar-refractivity contribution in [3.8, 4) is 0 Å². The summed E-state index contributed by atoms with van der Waals surface area (Å²) in [5, 5.41) is 5.45. The van der Waals surface area contributed by atoms with Crippen LogP contribution in [0.5, 0.6) is 0 Å². The first-order valence-electron chi connectivity index (χ1n) is 7.47. The number of rotatable bonds is 5. The summed E-state index contributed by atoms with van der Waals surface area (Å²) < 4.78 is 0. The third-order valence-electron chi connectivity index (χ3n) is 4.21. The molecule has 1 aliphatic carbocycles. The predicted octanol–water partition coefficient (Wildman–Crippen LogP) is 0.980. The smallest absolute Gasteiger partial charge is 0.325 e. The number of nitrogens with zero attached hydrogens (tertiary/aromatic N) is 1. The van der Waals surface area contributed by atoms with Gasteiger partial charge in [-0.1, -0.05) is 30.3 Å². The van der Waals surface area contributed by atoms with E-state index in [0.29, 0.717) is 18.0 Å². The minimum Gasteiger partial charge on any atom is -0.354 e. The summed E-state index contributed by atoms with van der Waals surface area (Å²) in [5.41, 5.74) is -0.413. The van der Waals surface area contributed by atoms with Gasteiger partial charge in [0.1, 0.15) is 12.1 Å². The molecule has 0 spiro atoms. The third-order valence-corrected chi connectivity index (χ3v) is 4.21. The monoisotopic (exact) mass is 301 g/mol. The van der Waals surface area contributed by atoms with E-state index < -0.39 is 17.5 Å². The Bertz CT molecular complexity index is 612. The molecular formula is C16H19N3O3. The Labute approximate surface area is 128 Å². The van der Waals surface area contributed by atoms with E-state index in [1.54, 1.807) is 19.1 Å². The number of benzene rings is 1. The van der Waals surface area contributed by atoms with Crippen LogP contribution in [0.2, 0.25) is 0 Å². The molecule has 1 atom stereocenters. The normalized spacial score (nSPS) is 24.3. The van der Waals surface area contributed by atoms with Gasteiger partial charge in [0, 0.05) is 6.54 Å². The average Bonchev–Trinajstić information content (AvgIpc) is 3.31. The molecule has 1 aromatic rings. The Hall–Kier alpha value is -2.37. The second-order valence-electron chi connectivity index (χ2n) is 6.06. The van der Waals surface area contributed by atoms with Gasteiger partial charge in [-0.25, -0.2) is 4.79 Å². The van der Waals surface area contributed by atoms with E-state index in [9.17, 15) is 14.4 Å². The van der Waals surface area contributed by atoms with Crippen molar-refractivity contribution in [3.63, 3.8) is 0 Å². The lowest BCUT2D eigenvalue weighted by molar-refractivity contribution is -0.134. The van der Waals surface area contributed by atoms with Gasteiger partial charge >= 0.3 is 6.03 Å². The van der Waals surface area contributed by atoms with Crippen LogP contribution in [-0.2, 0) is 15.1 Å². The minimum absolute atomic E-state index is 0.236. The highest BCUT2D eigenvalue weighted by molar-refractivity contribution is 6.09. The Kier molecular flexibility index (Phi) is 3.60. The summed E-state index contributed by atoms with van der Waals surface area (Å²) in [6, 6.07) is 8.51. The number of carbonyl (C=O) groups excluding carboxylic acids is 3. The first kappa shape index (κ1) is 14.6. The van der Waals surface area contributed by atoms with Crippen LogP contribution in [-0.4, -0.2) is 35.8 Å². The van der Waals surface area contributed by atoms with E-state index in [2.05, 4.69) is 10.6 Å². The molecule has 4 amide bonds. The Morgan fingerprint density at radius 1 is 1.32 bits per heavy atom. The van der Waals surface area contributed by atoms with Crippen molar-refractivity contribution in [1.82, 2.24) is 15.5 Å². The minimum atomic E-state index is -1.12. The van der Waals surface area contributed by atoms with Crippen molar-refractivity contribution in [3.05, 3.63) is 35.9 Å². The molecule has 116 valence electrons. The Balaban J connectivity index is 1.69. The molecule has 1 saturated heterocycles. The van der Waals surface area contributed by atoms with Gasteiger partial charge in [-0.15, -0.1) is 0 Å². The number of hydrogen-bond donors (Lipinski definition) is 2. The van der Waals surface area contributed by atoms with Crippen molar-refractivity contribution in [2.24, 2.45) is 5.92 Å². The van der Waals surface area contributed by atoms with Crippen LogP contribution in [0.4, 0.5) is 4.79 Å². The molecule has 2 N–H and O–H groups in total. The van der Waals surface area contributed by atoms with Gasteiger partial charge < -0.3 is 10.6 Å². The summed E-state index contributed by atoms with van der Waals surface area (Å²) in [4.78, 5) is 37.5. The van der Waals surface area contributed by atoms with Gasteiger partial charge in [-0.05, 0) is 31.2 Å². The molecular weight excluding hydrogens is 282 g/mol. The van der Waals surface area contributed by atoms with Crippen LogP contribution < -0.4 is 10.6 Å². The van der Waals surface area contributed by atoms with E-state index in [1.165, 1.54) is 0 Å². The first-order valence-corrected chi connectivity index (χ1v) is 7.47. The summed E-state index contributed by atoms with van der Waals surface area (Å²) in [6.07, 6.45) is 2.27. The molecule has 1 aliphatic heterocycles. The Morgan fingerprint density at radius 2 is 2.00 bits per heavy atom. The van der Waals surface area contributed by atoms with E-state index in [-0.39, 0.29) is 12.5 Å². The molecule has 0 radical (unpaired) electrons. The molecule has 0 aromatic heterocycles. The third kappa shape index (κ3) is 2.68. The SMILES string of the molecule is CC1(c2ccccc2)NC(=O)N(CC(=O)NCC2CC2)C1=O. The van der Waals surface area contributed by atoms with E-state index in [1.807, 2.05) is 18.2 Å². The van der Waals surface area contributed by atoms with E-state index >= 15 is 0 Å². The largest absolute Gasteiger partial charge is 0.354 e. The highest BCUT2D eigenvalue weighted by atomic mass is 16.2. The van der Waals surface area contributed by atoms with Crippen LogP contribution in [0.15, 0.2) is 30.3 Å². The zero-order valence-corrected chi connectivity index (χ0v) is 12.5. The lowest BCUT2D eigenvalue weighted by atomic mass is 9.92. The molecule has 1 aromatic carbocycles. The lowest BCUT2D eigenvalue weighted by Crippen LogP contribution is -2.43. The van der Waals surface area contributed by atoms with Crippen LogP contribution >= 0.6 is 0 Å². The molecule has 22 heavy (non-hydrogen) atoms. The number of imide groups is 1. The van der Waals surface area contributed by atoms with Crippen molar-refractivity contribution in [1.29, 1.82) is 0 Å². The van der Waals surface area contributed by atoms with Gasteiger partial charge in [0.25, 0.3) is 5.91 Å². The fourth-order valence-corrected chi connectivity index (χ4v) is 2.59. The molecule has 2 fully saturated rings. The number of carbonyl (C=O) groups is 3. The standard InChI is InChI=1S/C16H19N3O3/c1-16(12-5-3-2-4-6-12)14(21)19(15(22)18-16)10-13(20)17-9-11-7-8-11/h2-6,11H,7-10H2,1H3,(H,17,20)(H,18,22). The molecule has 2 aliphatic rings. The maximum atomic E-state index is 12.6. The second-order valence-corrected chi connectivity index (χ2v) is 6.06. The average molecular weight is 301 g/mol. The van der Waals surface area contributed by atoms with E-state index in [4.69, 9.17) is 0 Å². The summed E-state index contributed by atoms with van der Waals surface area (Å²) in [5.74, 6) is -0.139. The number of hydrogen-bond acceptors (Lipinski definition) is 3. The van der Waals surface area contributed by atoms with Crippen LogP contribution in [0.1, 0.15) is 25.3 Å². The zero-order valence-electron chi connectivity index (χ0n) is 12.5. The van der Waals surface area contributed by atoms with Crippen LogP contribution in [0.25, 0.3) is 0 Å². The van der Waals surface area contributed by atoms with E-state index in [0.717, 1.165) is 17.7 Å². The highest BCUT2D eigenvalue weighted by Crippen LogP contribution is 2.29. The molecule has 1 unspecified atom stereocenters. The fourth-order valence-electron chi connectivity index (χ4n) is 2.59. The Morgan fingerprint density at radius 3 is 2.64 bits per heavy atom. The molecule has 0 bridgehead atoms. The van der Waals surface area contributed by atoms with Gasteiger partial charge in [0.15, 0.2) is 0 Å². The first-order chi connectivity index (χ1) is 10.5. The molecule has 3 rings (SSSR count). The molecule has 1 heterocycles. The maximum absolute atomic E-state index is 12.6. The highest BCUT2D eigenvalue weighted by Gasteiger charge is 2.49. The van der Waals surface area contributed by atoms with Gasteiger partial charge in [-0.2, -0.15) is 0 Å². The van der Waals surface area contributed by atoms with Crippen molar-refractivity contribution < 1.29 is 14.4 Å². The number of amides is 4. The van der Waals surface area contributed by atoms with Crippen LogP contribution in [0, 0.1) is 5.92 Å². The van der Waals surface area contributed by atoms with Crippen molar-refractivity contribution >= 4 is 17.8 Å². The van der Waals surface area contributed by atoms with Crippen molar-refractivity contribution in [2.75, 3.05) is 13.1 Å². The van der Waals surface area contributed by atoms with Gasteiger partial charge in [-0.3, -0.25) is 14.5 Å². The van der Waals surface area contributed by atoms with Crippen molar-refractivity contribution in [2.45, 2.75) is 25.3 Å². The summed E-state index contributed by atoms with van der Waals surface area (Å²) in [6.45, 7) is 2.04. The molecule has 1 saturated carbocycles. The molecule has 6 heteroatoms. The number of nitrogens with one attached hydrogen (secondary N) is 2.